The molecule has 1 aromatic rings. The summed E-state index contributed by atoms with van der Waals surface area (Å²) in [5.41, 5.74) is 1.76. The first kappa shape index (κ1) is 8.75. The summed E-state index contributed by atoms with van der Waals surface area (Å²) in [4.78, 5) is 0. The predicted octanol–water partition coefficient (Wildman–Crippen LogP) is 1.10. The first-order valence-corrected chi connectivity index (χ1v) is 4.92. The van der Waals surface area contributed by atoms with Crippen LogP contribution in [0.5, 0.6) is 0 Å². The van der Waals surface area contributed by atoms with Crippen molar-refractivity contribution in [1.82, 2.24) is 15.1 Å². The zero-order valence-electron chi connectivity index (χ0n) is 8.38. The van der Waals surface area contributed by atoms with E-state index in [4.69, 9.17) is 0 Å². The molecule has 3 nitrogen and oxygen atoms in total. The molecular weight excluding hydrogens is 162 g/mol. The van der Waals surface area contributed by atoms with Crippen molar-refractivity contribution in [3.8, 4) is 0 Å². The lowest BCUT2D eigenvalue weighted by atomic mass is 10.2. The molecule has 13 heavy (non-hydrogen) atoms. The Kier molecular flexibility index (Phi) is 2.12. The number of hydrogen-bond donors (Lipinski definition) is 1. The molecule has 0 radical (unpaired) electrons. The molecular formula is C10H17N3. The molecule has 0 bridgehead atoms. The molecule has 0 amide bonds. The van der Waals surface area contributed by atoms with E-state index in [2.05, 4.69) is 23.4 Å². The van der Waals surface area contributed by atoms with Gasteiger partial charge in [-0.25, -0.2) is 0 Å². The molecule has 2 rings (SSSR count). The maximum Gasteiger partial charge on any atom is 0.0492 e. The maximum absolute atomic E-state index is 4.14. The van der Waals surface area contributed by atoms with Gasteiger partial charge in [-0.05, 0) is 25.8 Å². The molecule has 1 aliphatic carbocycles. The molecule has 1 N–H and O–H groups in total. The molecule has 0 saturated heterocycles. The Morgan fingerprint density at radius 1 is 1.62 bits per heavy atom. The lowest BCUT2D eigenvalue weighted by Crippen LogP contribution is -2.30. The minimum absolute atomic E-state index is 0.457. The van der Waals surface area contributed by atoms with Crippen LogP contribution in [-0.4, -0.2) is 21.9 Å². The summed E-state index contributed by atoms with van der Waals surface area (Å²) in [6.07, 6.45) is 5.59. The fourth-order valence-corrected chi connectivity index (χ4v) is 1.50. The van der Waals surface area contributed by atoms with Crippen molar-refractivity contribution in [3.63, 3.8) is 0 Å². The summed E-state index contributed by atoms with van der Waals surface area (Å²) < 4.78 is 1.94. The topological polar surface area (TPSA) is 29.9 Å². The second kappa shape index (κ2) is 3.14. The molecule has 0 atom stereocenters. The largest absolute Gasteiger partial charge is 0.311 e. The van der Waals surface area contributed by atoms with Gasteiger partial charge >= 0.3 is 0 Å². The lowest BCUT2D eigenvalue weighted by molar-refractivity contribution is 0.532. The number of rotatable bonds is 4. The van der Waals surface area contributed by atoms with Crippen molar-refractivity contribution in [1.29, 1.82) is 0 Å². The second-order valence-corrected chi connectivity index (χ2v) is 4.18. The number of aryl methyl sites for hydroxylation is 1. The summed E-state index contributed by atoms with van der Waals surface area (Å²) in [6, 6.07) is 2.08. The Hall–Kier alpha value is -0.830. The summed E-state index contributed by atoms with van der Waals surface area (Å²) in [7, 11) is 1.99. The predicted molar refractivity (Wildman–Crippen MR) is 52.6 cm³/mol. The third-order valence-corrected chi connectivity index (χ3v) is 2.86. The van der Waals surface area contributed by atoms with Crippen molar-refractivity contribution in [2.45, 2.75) is 31.7 Å². The summed E-state index contributed by atoms with van der Waals surface area (Å²) in [5, 5.41) is 7.69. The van der Waals surface area contributed by atoms with Crippen LogP contribution < -0.4 is 5.32 Å². The third-order valence-electron chi connectivity index (χ3n) is 2.86. The van der Waals surface area contributed by atoms with Crippen LogP contribution in [0.1, 0.15) is 25.5 Å². The molecule has 1 aliphatic rings. The molecule has 0 aromatic carbocycles. The fourth-order valence-electron chi connectivity index (χ4n) is 1.50. The summed E-state index contributed by atoms with van der Waals surface area (Å²) >= 11 is 0. The standard InChI is InChI=1S/C10H17N3/c1-10(5-6-10)11-7-3-9-4-8-12-13(9)2/h4,8,11H,3,5-7H2,1-2H3. The zero-order chi connectivity index (χ0) is 9.31. The van der Waals surface area contributed by atoms with Crippen LogP contribution in [-0.2, 0) is 13.5 Å². The Labute approximate surface area is 79.1 Å². The molecule has 1 saturated carbocycles. The molecule has 0 aliphatic heterocycles. The molecule has 1 heterocycles. The van der Waals surface area contributed by atoms with Crippen LogP contribution in [0.15, 0.2) is 12.3 Å². The highest BCUT2D eigenvalue weighted by atomic mass is 15.3. The normalized spacial score (nSPS) is 18.9. The minimum Gasteiger partial charge on any atom is -0.311 e. The van der Waals surface area contributed by atoms with E-state index in [0.717, 1.165) is 13.0 Å². The first-order valence-electron chi connectivity index (χ1n) is 4.92. The van der Waals surface area contributed by atoms with Crippen LogP contribution in [0.4, 0.5) is 0 Å². The van der Waals surface area contributed by atoms with Crippen molar-refractivity contribution in [3.05, 3.63) is 18.0 Å². The van der Waals surface area contributed by atoms with E-state index in [1.165, 1.54) is 18.5 Å². The number of nitrogens with zero attached hydrogens (tertiary/aromatic N) is 2. The van der Waals surface area contributed by atoms with Gasteiger partial charge in [-0.15, -0.1) is 0 Å². The average Bonchev–Trinajstić information content (AvgIpc) is 2.68. The van der Waals surface area contributed by atoms with Crippen LogP contribution in [0.3, 0.4) is 0 Å². The monoisotopic (exact) mass is 179 g/mol. The van der Waals surface area contributed by atoms with E-state index in [1.54, 1.807) is 0 Å². The first-order chi connectivity index (χ1) is 6.20. The van der Waals surface area contributed by atoms with E-state index >= 15 is 0 Å². The molecule has 0 spiro atoms. The van der Waals surface area contributed by atoms with Gasteiger partial charge in [0.1, 0.15) is 0 Å². The van der Waals surface area contributed by atoms with Crippen LogP contribution in [0.2, 0.25) is 0 Å². The third kappa shape index (κ3) is 2.10. The number of hydrogen-bond acceptors (Lipinski definition) is 2. The van der Waals surface area contributed by atoms with Crippen molar-refractivity contribution >= 4 is 0 Å². The molecule has 3 heteroatoms. The van der Waals surface area contributed by atoms with Gasteiger partial charge in [0.2, 0.25) is 0 Å². The van der Waals surface area contributed by atoms with Crippen molar-refractivity contribution < 1.29 is 0 Å². The highest BCUT2D eigenvalue weighted by molar-refractivity contribution is 5.02. The van der Waals surface area contributed by atoms with Crippen LogP contribution >= 0.6 is 0 Å². The minimum atomic E-state index is 0.457. The van der Waals surface area contributed by atoms with E-state index in [0.29, 0.717) is 5.54 Å². The van der Waals surface area contributed by atoms with E-state index in [1.807, 2.05) is 17.9 Å². The highest BCUT2D eigenvalue weighted by Gasteiger charge is 2.36. The van der Waals surface area contributed by atoms with Gasteiger partial charge in [0.05, 0.1) is 0 Å². The van der Waals surface area contributed by atoms with E-state index in [-0.39, 0.29) is 0 Å². The van der Waals surface area contributed by atoms with Crippen LogP contribution in [0.25, 0.3) is 0 Å². The Morgan fingerprint density at radius 2 is 2.38 bits per heavy atom. The molecule has 0 unspecified atom stereocenters. The van der Waals surface area contributed by atoms with E-state index in [9.17, 15) is 0 Å². The van der Waals surface area contributed by atoms with Gasteiger partial charge in [-0.3, -0.25) is 4.68 Å². The molecule has 72 valence electrons. The Balaban J connectivity index is 1.77. The van der Waals surface area contributed by atoms with E-state index < -0.39 is 0 Å². The van der Waals surface area contributed by atoms with Gasteiger partial charge in [0.15, 0.2) is 0 Å². The van der Waals surface area contributed by atoms with Gasteiger partial charge in [-0.1, -0.05) is 0 Å². The SMILES string of the molecule is Cn1nccc1CCNC1(C)CC1. The van der Waals surface area contributed by atoms with Crippen molar-refractivity contribution in [2.24, 2.45) is 7.05 Å². The highest BCUT2D eigenvalue weighted by Crippen LogP contribution is 2.33. The number of nitrogens with one attached hydrogen (secondary N) is 1. The Morgan fingerprint density at radius 3 is 2.92 bits per heavy atom. The number of aromatic nitrogens is 2. The average molecular weight is 179 g/mol. The summed E-state index contributed by atoms with van der Waals surface area (Å²) in [6.45, 7) is 3.35. The lowest BCUT2D eigenvalue weighted by Gasteiger charge is -2.10. The van der Waals surface area contributed by atoms with Gasteiger partial charge < -0.3 is 5.32 Å². The Bertz CT molecular complexity index is 286. The van der Waals surface area contributed by atoms with Crippen LogP contribution in [0, 0.1) is 0 Å². The van der Waals surface area contributed by atoms with Gasteiger partial charge in [-0.2, -0.15) is 5.10 Å². The molecule has 1 aromatic heterocycles. The summed E-state index contributed by atoms with van der Waals surface area (Å²) in [5.74, 6) is 0. The van der Waals surface area contributed by atoms with Crippen molar-refractivity contribution in [2.75, 3.05) is 6.54 Å². The molecule has 1 fully saturated rings. The quantitative estimate of drug-likeness (QED) is 0.750. The van der Waals surface area contributed by atoms with Gasteiger partial charge in [0, 0.05) is 37.4 Å². The fraction of sp³-hybridized carbons (Fsp3) is 0.700. The maximum atomic E-state index is 4.14. The zero-order valence-corrected chi connectivity index (χ0v) is 8.38. The second-order valence-electron chi connectivity index (χ2n) is 4.18. The smallest absolute Gasteiger partial charge is 0.0492 e. The van der Waals surface area contributed by atoms with Gasteiger partial charge in [0.25, 0.3) is 0 Å².